The van der Waals surface area contributed by atoms with Gasteiger partial charge in [-0.2, -0.15) is 0 Å². The minimum absolute atomic E-state index is 0.0941. The summed E-state index contributed by atoms with van der Waals surface area (Å²) >= 11 is 12.0. The summed E-state index contributed by atoms with van der Waals surface area (Å²) in [5.74, 6) is 0.546. The number of carbonyl (C=O) groups excluding carboxylic acids is 1. The number of likely N-dealkylation sites (tertiary alicyclic amines) is 1. The first-order chi connectivity index (χ1) is 16.2. The van der Waals surface area contributed by atoms with Crippen molar-refractivity contribution >= 4 is 38.9 Å². The smallest absolute Gasteiger partial charge is 0.254 e. The van der Waals surface area contributed by atoms with Gasteiger partial charge in [-0.25, -0.2) is 8.42 Å². The van der Waals surface area contributed by atoms with E-state index in [1.165, 1.54) is 12.1 Å². The molecule has 10 heteroatoms. The van der Waals surface area contributed by atoms with E-state index in [2.05, 4.69) is 4.90 Å². The number of carbonyl (C=O) groups is 1. The van der Waals surface area contributed by atoms with Crippen molar-refractivity contribution in [2.24, 2.45) is 0 Å². The number of halogens is 2. The van der Waals surface area contributed by atoms with E-state index in [9.17, 15) is 13.2 Å². The van der Waals surface area contributed by atoms with Gasteiger partial charge in [0.1, 0.15) is 11.9 Å². The molecule has 2 fully saturated rings. The molecule has 0 aromatic heterocycles. The molecule has 184 valence electrons. The fourth-order valence-corrected chi connectivity index (χ4v) is 5.25. The van der Waals surface area contributed by atoms with Gasteiger partial charge >= 0.3 is 0 Å². The predicted octanol–water partition coefficient (Wildman–Crippen LogP) is 3.78. The summed E-state index contributed by atoms with van der Waals surface area (Å²) in [6, 6.07) is 11.5. The number of ether oxygens (including phenoxy) is 2. The molecule has 2 aliphatic heterocycles. The van der Waals surface area contributed by atoms with E-state index in [-0.39, 0.29) is 23.0 Å². The molecule has 0 saturated carbocycles. The number of hydrogen-bond acceptors (Lipinski definition) is 6. The molecule has 2 heterocycles. The van der Waals surface area contributed by atoms with Crippen molar-refractivity contribution in [2.75, 3.05) is 45.6 Å². The molecule has 34 heavy (non-hydrogen) atoms. The molecule has 0 bridgehead atoms. The Kier molecular flexibility index (Phi) is 8.05. The van der Waals surface area contributed by atoms with E-state index in [0.29, 0.717) is 35.3 Å². The topological polar surface area (TPSA) is 76.2 Å². The Morgan fingerprint density at radius 1 is 1.09 bits per heavy atom. The Morgan fingerprint density at radius 2 is 1.85 bits per heavy atom. The highest BCUT2D eigenvalue weighted by atomic mass is 35.5. The van der Waals surface area contributed by atoms with Crippen molar-refractivity contribution in [1.82, 2.24) is 9.80 Å². The van der Waals surface area contributed by atoms with Crippen molar-refractivity contribution in [3.8, 4) is 5.75 Å². The molecule has 4 rings (SSSR count). The monoisotopic (exact) mass is 526 g/mol. The van der Waals surface area contributed by atoms with Crippen LogP contribution in [0.5, 0.6) is 5.75 Å². The van der Waals surface area contributed by atoms with Gasteiger partial charge in [0.25, 0.3) is 5.91 Å². The largest absolute Gasteiger partial charge is 0.490 e. The Labute approximate surface area is 210 Å². The van der Waals surface area contributed by atoms with Crippen molar-refractivity contribution < 1.29 is 22.7 Å². The molecule has 0 N–H and O–H groups in total. The van der Waals surface area contributed by atoms with Crippen molar-refractivity contribution in [3.63, 3.8) is 0 Å². The minimum atomic E-state index is -3.37. The summed E-state index contributed by atoms with van der Waals surface area (Å²) in [7, 11) is -3.37. The average molecular weight is 527 g/mol. The van der Waals surface area contributed by atoms with E-state index in [1.54, 1.807) is 29.2 Å². The van der Waals surface area contributed by atoms with Crippen LogP contribution in [0, 0.1) is 0 Å². The maximum atomic E-state index is 13.0. The molecule has 2 aromatic rings. The van der Waals surface area contributed by atoms with Gasteiger partial charge in [0.05, 0.1) is 27.7 Å². The summed E-state index contributed by atoms with van der Waals surface area (Å²) in [5, 5.41) is 0.986. The molecular formula is C24H28Cl2N2O5S. The van der Waals surface area contributed by atoms with Gasteiger partial charge in [-0.15, -0.1) is 0 Å². The average Bonchev–Trinajstić information content (AvgIpc) is 2.82. The molecule has 2 aromatic carbocycles. The van der Waals surface area contributed by atoms with Gasteiger partial charge < -0.3 is 19.3 Å². The van der Waals surface area contributed by atoms with Gasteiger partial charge in [-0.05, 0) is 43.2 Å². The second-order valence-electron chi connectivity index (χ2n) is 8.74. The zero-order chi connectivity index (χ0) is 24.3. The van der Waals surface area contributed by atoms with Crippen LogP contribution in [-0.2, 0) is 14.6 Å². The van der Waals surface area contributed by atoms with Crippen LogP contribution in [0.25, 0.3) is 0 Å². The zero-order valence-electron chi connectivity index (χ0n) is 19.0. The first-order valence-electron chi connectivity index (χ1n) is 11.2. The second-order valence-corrected chi connectivity index (χ2v) is 11.6. The standard InChI is InChI=1S/C24H28Cl2N2O5S/c1-34(30,31)21-4-2-3-17(13-21)24(29)28-11-12-32-20(16-28)15-27-9-7-18(8-10-27)33-19-5-6-22(25)23(26)14-19/h2-6,13-14,18,20H,7-12,15-16H2,1H3/t20-/m0/s1. The normalized spacial score (nSPS) is 20.3. The molecule has 1 atom stereocenters. The number of rotatable bonds is 6. The number of sulfone groups is 1. The van der Waals surface area contributed by atoms with E-state index >= 15 is 0 Å². The highest BCUT2D eigenvalue weighted by molar-refractivity contribution is 7.90. The number of benzene rings is 2. The summed E-state index contributed by atoms with van der Waals surface area (Å²) in [6.45, 7) is 3.89. The summed E-state index contributed by atoms with van der Waals surface area (Å²) in [5.41, 5.74) is 0.379. The Balaban J connectivity index is 1.28. The van der Waals surface area contributed by atoms with Crippen LogP contribution >= 0.6 is 23.2 Å². The fourth-order valence-electron chi connectivity index (χ4n) is 4.30. The first kappa shape index (κ1) is 25.3. The van der Waals surface area contributed by atoms with E-state index in [0.717, 1.165) is 44.5 Å². The number of nitrogens with zero attached hydrogens (tertiary/aromatic N) is 2. The van der Waals surface area contributed by atoms with E-state index < -0.39 is 9.84 Å². The maximum absolute atomic E-state index is 13.0. The lowest BCUT2D eigenvalue weighted by Crippen LogP contribution is -2.51. The lowest BCUT2D eigenvalue weighted by Gasteiger charge is -2.38. The highest BCUT2D eigenvalue weighted by Gasteiger charge is 2.29. The van der Waals surface area contributed by atoms with Crippen molar-refractivity contribution in [1.29, 1.82) is 0 Å². The molecule has 0 unspecified atom stereocenters. The number of piperidine rings is 1. The second kappa shape index (κ2) is 10.8. The van der Waals surface area contributed by atoms with Crippen LogP contribution in [0.4, 0.5) is 0 Å². The van der Waals surface area contributed by atoms with Crippen molar-refractivity contribution in [3.05, 3.63) is 58.1 Å². The third-order valence-corrected chi connectivity index (χ3v) is 7.97. The molecule has 0 radical (unpaired) electrons. The SMILES string of the molecule is CS(=O)(=O)c1cccc(C(=O)N2CCO[C@@H](CN3CCC(Oc4ccc(Cl)c(Cl)c4)CC3)C2)c1. The Bertz CT molecular complexity index is 1140. The Morgan fingerprint density at radius 3 is 2.56 bits per heavy atom. The molecule has 0 aliphatic carbocycles. The van der Waals surface area contributed by atoms with Crippen LogP contribution in [0.3, 0.4) is 0 Å². The van der Waals surface area contributed by atoms with Crippen molar-refractivity contribution in [2.45, 2.75) is 29.9 Å². The van der Waals surface area contributed by atoms with Gasteiger partial charge in [-0.1, -0.05) is 29.3 Å². The quantitative estimate of drug-likeness (QED) is 0.570. The molecule has 1 amide bonds. The predicted molar refractivity (Wildman–Crippen MR) is 132 cm³/mol. The van der Waals surface area contributed by atoms with Gasteiger partial charge in [0.15, 0.2) is 9.84 Å². The third kappa shape index (κ3) is 6.43. The van der Waals surface area contributed by atoms with Gasteiger partial charge in [0, 0.05) is 50.6 Å². The van der Waals surface area contributed by atoms with Crippen LogP contribution < -0.4 is 4.74 Å². The zero-order valence-corrected chi connectivity index (χ0v) is 21.3. The summed E-state index contributed by atoms with van der Waals surface area (Å²) < 4.78 is 35.7. The van der Waals surface area contributed by atoms with Crippen LogP contribution in [0.1, 0.15) is 23.2 Å². The number of hydrogen-bond donors (Lipinski definition) is 0. The summed E-state index contributed by atoms with van der Waals surface area (Å²) in [6.07, 6.45) is 2.92. The fraction of sp³-hybridized carbons (Fsp3) is 0.458. The maximum Gasteiger partial charge on any atom is 0.254 e. The minimum Gasteiger partial charge on any atom is -0.490 e. The lowest BCUT2D eigenvalue weighted by molar-refractivity contribution is -0.0414. The van der Waals surface area contributed by atoms with E-state index in [1.807, 2.05) is 6.07 Å². The van der Waals surface area contributed by atoms with Crippen LogP contribution in [0.2, 0.25) is 10.0 Å². The van der Waals surface area contributed by atoms with Gasteiger partial charge in [-0.3, -0.25) is 4.79 Å². The molecule has 2 aliphatic rings. The summed E-state index contributed by atoms with van der Waals surface area (Å²) in [4.78, 5) is 17.2. The van der Waals surface area contributed by atoms with Gasteiger partial charge in [0.2, 0.25) is 0 Å². The molecular weight excluding hydrogens is 499 g/mol. The van der Waals surface area contributed by atoms with Crippen LogP contribution in [0.15, 0.2) is 47.4 Å². The third-order valence-electron chi connectivity index (χ3n) is 6.13. The van der Waals surface area contributed by atoms with Crippen LogP contribution in [-0.4, -0.2) is 81.9 Å². The number of amides is 1. The molecule has 7 nitrogen and oxygen atoms in total. The molecule has 2 saturated heterocycles. The number of morpholine rings is 1. The highest BCUT2D eigenvalue weighted by Crippen LogP contribution is 2.28. The Hall–Kier alpha value is -1.84. The van der Waals surface area contributed by atoms with E-state index in [4.69, 9.17) is 32.7 Å². The molecule has 0 spiro atoms. The lowest BCUT2D eigenvalue weighted by atomic mass is 10.1. The first-order valence-corrected chi connectivity index (χ1v) is 13.9.